The van der Waals surface area contributed by atoms with Crippen LogP contribution < -0.4 is 10.1 Å². The highest BCUT2D eigenvalue weighted by atomic mass is 19.4. The maximum Gasteiger partial charge on any atom is 0.397 e. The van der Waals surface area contributed by atoms with Gasteiger partial charge in [-0.2, -0.15) is 18.3 Å². The molecule has 4 aromatic rings. The largest absolute Gasteiger partial charge is 0.493 e. The summed E-state index contributed by atoms with van der Waals surface area (Å²) in [6.07, 6.45) is 0.502. The minimum absolute atomic E-state index is 0.207. The summed E-state index contributed by atoms with van der Waals surface area (Å²) in [5, 5.41) is 8.00. The number of amides is 1. The molecule has 0 bridgehead atoms. The van der Waals surface area contributed by atoms with E-state index in [1.54, 1.807) is 11.6 Å². The van der Waals surface area contributed by atoms with Crippen LogP contribution in [0.4, 0.5) is 13.2 Å². The smallest absolute Gasteiger partial charge is 0.397 e. The van der Waals surface area contributed by atoms with E-state index >= 15 is 0 Å². The number of carbonyl (C=O) groups is 1. The number of ether oxygens (including phenoxy) is 1. The number of methoxy groups -OCH3 is 1. The maximum atomic E-state index is 12.5. The lowest BCUT2D eigenvalue weighted by Crippen LogP contribution is -2.39. The zero-order chi connectivity index (χ0) is 26.3. The van der Waals surface area contributed by atoms with Crippen molar-refractivity contribution in [2.45, 2.75) is 70.0 Å². The van der Waals surface area contributed by atoms with Crippen molar-refractivity contribution in [3.05, 3.63) is 47.9 Å². The van der Waals surface area contributed by atoms with Crippen LogP contribution in [0.1, 0.15) is 68.9 Å². The third-order valence-electron chi connectivity index (χ3n) is 7.21. The highest BCUT2D eigenvalue weighted by Gasteiger charge is 2.33. The van der Waals surface area contributed by atoms with Crippen molar-refractivity contribution in [1.82, 2.24) is 24.9 Å². The molecular weight excluding hydrogens is 483 g/mol. The Morgan fingerprint density at radius 1 is 1.22 bits per heavy atom. The van der Waals surface area contributed by atoms with Crippen LogP contribution >= 0.6 is 0 Å². The van der Waals surface area contributed by atoms with Gasteiger partial charge in [0.15, 0.2) is 11.4 Å². The summed E-state index contributed by atoms with van der Waals surface area (Å²) in [7, 11) is 1.62. The SMILES string of the molecule is COc1cc(-c2[nH]c3ccc(C4CCC(NC(=O)CC(F)(F)F)CC4)cc3c2C(C)C)cn2ncnc12. The molecule has 0 unspecified atom stereocenters. The number of nitrogens with zero attached hydrogens (tertiary/aromatic N) is 3. The van der Waals surface area contributed by atoms with Gasteiger partial charge in [-0.25, -0.2) is 9.50 Å². The predicted molar refractivity (Wildman–Crippen MR) is 135 cm³/mol. The highest BCUT2D eigenvalue weighted by molar-refractivity contribution is 5.92. The number of nitrogens with one attached hydrogen (secondary N) is 2. The summed E-state index contributed by atoms with van der Waals surface area (Å²) in [6.45, 7) is 4.33. The first-order valence-corrected chi connectivity index (χ1v) is 12.5. The molecule has 0 spiro atoms. The van der Waals surface area contributed by atoms with Crippen molar-refractivity contribution in [3.8, 4) is 17.0 Å². The molecule has 1 fully saturated rings. The van der Waals surface area contributed by atoms with Crippen molar-refractivity contribution in [1.29, 1.82) is 0 Å². The molecule has 0 saturated heterocycles. The monoisotopic (exact) mass is 513 g/mol. The molecule has 0 atom stereocenters. The van der Waals surface area contributed by atoms with E-state index in [0.717, 1.165) is 35.0 Å². The normalized spacial score (nSPS) is 18.6. The van der Waals surface area contributed by atoms with Crippen molar-refractivity contribution in [3.63, 3.8) is 0 Å². The van der Waals surface area contributed by atoms with E-state index in [1.165, 1.54) is 17.5 Å². The fourth-order valence-electron chi connectivity index (χ4n) is 5.53. The summed E-state index contributed by atoms with van der Waals surface area (Å²) in [4.78, 5) is 19.6. The van der Waals surface area contributed by atoms with Gasteiger partial charge in [-0.15, -0.1) is 0 Å². The number of fused-ring (bicyclic) bond motifs is 2. The lowest BCUT2D eigenvalue weighted by molar-refractivity contribution is -0.154. The third-order valence-corrected chi connectivity index (χ3v) is 7.21. The second kappa shape index (κ2) is 9.72. The van der Waals surface area contributed by atoms with E-state index < -0.39 is 18.5 Å². The van der Waals surface area contributed by atoms with Gasteiger partial charge < -0.3 is 15.0 Å². The van der Waals surface area contributed by atoms with Gasteiger partial charge in [0.05, 0.1) is 12.8 Å². The molecule has 7 nitrogen and oxygen atoms in total. The number of benzene rings is 1. The van der Waals surface area contributed by atoms with E-state index in [9.17, 15) is 18.0 Å². The number of aromatic amines is 1. The minimum atomic E-state index is -4.48. The molecule has 2 N–H and O–H groups in total. The summed E-state index contributed by atoms with van der Waals surface area (Å²) >= 11 is 0. The molecule has 1 amide bonds. The van der Waals surface area contributed by atoms with Crippen LogP contribution in [-0.2, 0) is 4.79 Å². The Hall–Kier alpha value is -3.56. The number of halogens is 3. The predicted octanol–water partition coefficient (Wildman–Crippen LogP) is 6.10. The Labute approximate surface area is 212 Å². The van der Waals surface area contributed by atoms with Crippen LogP contribution in [0.15, 0.2) is 36.8 Å². The molecule has 37 heavy (non-hydrogen) atoms. The van der Waals surface area contributed by atoms with Crippen molar-refractivity contribution in [2.24, 2.45) is 0 Å². The maximum absolute atomic E-state index is 12.5. The summed E-state index contributed by atoms with van der Waals surface area (Å²) in [5.74, 6) is 0.240. The fourth-order valence-corrected chi connectivity index (χ4v) is 5.53. The molecule has 196 valence electrons. The minimum Gasteiger partial charge on any atom is -0.493 e. The van der Waals surface area contributed by atoms with Gasteiger partial charge in [0.1, 0.15) is 12.7 Å². The number of carbonyl (C=O) groups excluding carboxylic acids is 1. The molecule has 3 heterocycles. The van der Waals surface area contributed by atoms with Gasteiger partial charge in [0.25, 0.3) is 0 Å². The zero-order valence-electron chi connectivity index (χ0n) is 21.0. The molecule has 0 aliphatic heterocycles. The first-order chi connectivity index (χ1) is 17.6. The Balaban J connectivity index is 1.40. The Morgan fingerprint density at radius 2 is 1.97 bits per heavy atom. The van der Waals surface area contributed by atoms with Crippen LogP contribution in [-0.4, -0.2) is 44.8 Å². The number of pyridine rings is 1. The third kappa shape index (κ3) is 5.14. The first-order valence-electron chi connectivity index (χ1n) is 12.5. The van der Waals surface area contributed by atoms with Crippen molar-refractivity contribution < 1.29 is 22.7 Å². The number of alkyl halides is 3. The lowest BCUT2D eigenvalue weighted by atomic mass is 9.81. The number of H-pyrrole nitrogens is 1. The van der Waals surface area contributed by atoms with Crippen LogP contribution in [0, 0.1) is 0 Å². The zero-order valence-corrected chi connectivity index (χ0v) is 21.0. The van der Waals surface area contributed by atoms with Crippen molar-refractivity contribution in [2.75, 3.05) is 7.11 Å². The van der Waals surface area contributed by atoms with Crippen LogP contribution in [0.25, 0.3) is 27.8 Å². The molecule has 5 rings (SSSR count). The van der Waals surface area contributed by atoms with E-state index in [1.807, 2.05) is 12.3 Å². The first kappa shape index (κ1) is 25.1. The number of rotatable bonds is 6. The number of aromatic nitrogens is 4. The van der Waals surface area contributed by atoms with Crippen LogP contribution in [0.5, 0.6) is 5.75 Å². The summed E-state index contributed by atoms with van der Waals surface area (Å²) in [5.41, 5.74) is 6.06. The van der Waals surface area contributed by atoms with Gasteiger partial charge in [-0.05, 0) is 66.8 Å². The molecule has 1 aliphatic rings. The molecule has 0 radical (unpaired) electrons. The molecular formula is C27H30F3N5O2. The lowest BCUT2D eigenvalue weighted by Gasteiger charge is -2.29. The molecule has 1 saturated carbocycles. The van der Waals surface area contributed by atoms with Gasteiger partial charge in [-0.1, -0.05) is 19.9 Å². The topological polar surface area (TPSA) is 84.3 Å². The molecule has 1 aliphatic carbocycles. The molecule has 3 aromatic heterocycles. The highest BCUT2D eigenvalue weighted by Crippen LogP contribution is 2.40. The standard InChI is InChI=1S/C27H30F3N5O2/c1-15(2)24-20-10-17(16-4-7-19(8-5-16)33-23(36)12-27(28,29)30)6-9-21(20)34-25(24)18-11-22(37-3)26-31-14-32-35(26)13-18/h6,9-11,13-16,19,34H,4-5,7-8,12H2,1-3H3,(H,33,36). The Bertz CT molecular complexity index is 1430. The van der Waals surface area contributed by atoms with Gasteiger partial charge in [0.2, 0.25) is 5.91 Å². The van der Waals surface area contributed by atoms with Crippen LogP contribution in [0.2, 0.25) is 0 Å². The van der Waals surface area contributed by atoms with Gasteiger partial charge in [0, 0.05) is 28.7 Å². The van der Waals surface area contributed by atoms with Gasteiger partial charge >= 0.3 is 6.18 Å². The van der Waals surface area contributed by atoms with E-state index in [0.29, 0.717) is 30.2 Å². The number of hydrogen-bond donors (Lipinski definition) is 2. The second-order valence-corrected chi connectivity index (χ2v) is 10.1. The average Bonchev–Trinajstić information content (AvgIpc) is 3.47. The second-order valence-electron chi connectivity index (χ2n) is 10.1. The average molecular weight is 514 g/mol. The molecule has 1 aromatic carbocycles. The number of hydrogen-bond acceptors (Lipinski definition) is 4. The van der Waals surface area contributed by atoms with Crippen LogP contribution in [0.3, 0.4) is 0 Å². The molecule has 10 heteroatoms. The Morgan fingerprint density at radius 3 is 2.65 bits per heavy atom. The van der Waals surface area contributed by atoms with Crippen molar-refractivity contribution >= 4 is 22.5 Å². The van der Waals surface area contributed by atoms with Gasteiger partial charge in [-0.3, -0.25) is 4.79 Å². The van der Waals surface area contributed by atoms with E-state index in [4.69, 9.17) is 4.74 Å². The Kier molecular flexibility index (Phi) is 6.59. The van der Waals surface area contributed by atoms with E-state index in [2.05, 4.69) is 52.4 Å². The fraction of sp³-hybridized carbons (Fsp3) is 0.444. The van der Waals surface area contributed by atoms with E-state index in [-0.39, 0.29) is 12.0 Å². The summed E-state index contributed by atoms with van der Waals surface area (Å²) < 4.78 is 44.7. The summed E-state index contributed by atoms with van der Waals surface area (Å²) in [6, 6.07) is 8.23. The quantitative estimate of drug-likeness (QED) is 0.326.